The van der Waals surface area contributed by atoms with E-state index < -0.39 is 17.1 Å². The van der Waals surface area contributed by atoms with E-state index >= 15 is 0 Å². The minimum absolute atomic E-state index is 0.0822. The molecule has 0 aromatic heterocycles. The Morgan fingerprint density at radius 3 is 3.11 bits per heavy atom. The van der Waals surface area contributed by atoms with E-state index in [1.54, 1.807) is 6.07 Å². The number of hydrogen-bond donors (Lipinski definition) is 2. The normalized spacial score (nSPS) is 23.6. The molecule has 0 saturated carbocycles. The van der Waals surface area contributed by atoms with Crippen molar-refractivity contribution in [1.29, 1.82) is 0 Å². The van der Waals surface area contributed by atoms with Gasteiger partial charge in [0, 0.05) is 12.2 Å². The highest BCUT2D eigenvalue weighted by atomic mass is 32.2. The first-order chi connectivity index (χ1) is 13.5. The molecule has 10 heteroatoms. The summed E-state index contributed by atoms with van der Waals surface area (Å²) < 4.78 is 24.7. The number of thioether (sulfide) groups is 1. The molecule has 8 nitrogen and oxygen atoms in total. The summed E-state index contributed by atoms with van der Waals surface area (Å²) in [5.41, 5.74) is 1.25. The van der Waals surface area contributed by atoms with Gasteiger partial charge in [0.2, 0.25) is 5.91 Å². The second-order valence-electron chi connectivity index (χ2n) is 6.34. The van der Waals surface area contributed by atoms with Crippen molar-refractivity contribution in [2.75, 3.05) is 13.2 Å². The maximum absolute atomic E-state index is 13.6. The van der Waals surface area contributed by atoms with Gasteiger partial charge in [-0.15, -0.1) is 5.10 Å². The van der Waals surface area contributed by atoms with Crippen molar-refractivity contribution in [3.05, 3.63) is 35.1 Å². The molecule has 3 rings (SSSR count). The average molecular weight is 409 g/mol. The van der Waals surface area contributed by atoms with Crippen LogP contribution in [-0.2, 0) is 25.7 Å². The van der Waals surface area contributed by atoms with Gasteiger partial charge in [0.1, 0.15) is 11.1 Å². The molecule has 2 heterocycles. The summed E-state index contributed by atoms with van der Waals surface area (Å²) in [6.07, 6.45) is 3.21. The first-order valence-electron chi connectivity index (χ1n) is 8.79. The Morgan fingerprint density at radius 1 is 1.50 bits per heavy atom. The predicted octanol–water partition coefficient (Wildman–Crippen LogP) is 1.92. The fourth-order valence-electron chi connectivity index (χ4n) is 2.79. The van der Waals surface area contributed by atoms with Crippen LogP contribution in [-0.4, -0.2) is 52.9 Å². The van der Waals surface area contributed by atoms with Gasteiger partial charge in [-0.05, 0) is 30.5 Å². The van der Waals surface area contributed by atoms with Crippen molar-refractivity contribution < 1.29 is 28.6 Å². The lowest BCUT2D eigenvalue weighted by molar-refractivity contribution is -0.138. The molecular formula is C18H20FN3O5S. The Bertz CT molecular complexity index is 795. The van der Waals surface area contributed by atoms with Crippen molar-refractivity contribution in [3.8, 4) is 0 Å². The monoisotopic (exact) mass is 409 g/mol. The van der Waals surface area contributed by atoms with E-state index in [2.05, 4.69) is 15.5 Å². The third-order valence-electron chi connectivity index (χ3n) is 4.17. The molecule has 150 valence electrons. The molecule has 2 saturated heterocycles. The van der Waals surface area contributed by atoms with Crippen molar-refractivity contribution in [2.45, 2.75) is 37.2 Å². The third kappa shape index (κ3) is 5.85. The van der Waals surface area contributed by atoms with E-state index in [0.717, 1.165) is 31.2 Å². The molecule has 0 radical (unpaired) electrons. The Morgan fingerprint density at radius 2 is 2.36 bits per heavy atom. The van der Waals surface area contributed by atoms with Gasteiger partial charge in [0.05, 0.1) is 32.0 Å². The van der Waals surface area contributed by atoms with Crippen LogP contribution in [0.15, 0.2) is 28.4 Å². The van der Waals surface area contributed by atoms with Crippen LogP contribution in [0.4, 0.5) is 4.39 Å². The standard InChI is InChI=1S/C18H20FN3O5S/c19-13-4-3-11(12(6-13)9-26-10-14-2-1-5-27-14)8-20-22-18-21-17(25)15(28-18)7-16(23)24/h3-4,6,8,14-15H,1-2,5,7,9-10H2,(H,23,24)(H,21,22,25). The van der Waals surface area contributed by atoms with Crippen LogP contribution in [0.1, 0.15) is 30.4 Å². The number of nitrogens with one attached hydrogen (secondary N) is 1. The molecule has 2 aliphatic rings. The van der Waals surface area contributed by atoms with Gasteiger partial charge in [-0.3, -0.25) is 9.59 Å². The van der Waals surface area contributed by atoms with Crippen LogP contribution in [0, 0.1) is 5.82 Å². The van der Waals surface area contributed by atoms with Gasteiger partial charge >= 0.3 is 5.97 Å². The molecule has 1 aromatic carbocycles. The first kappa shape index (κ1) is 20.4. The number of amidine groups is 1. The molecule has 2 unspecified atom stereocenters. The maximum Gasteiger partial charge on any atom is 0.305 e. The number of rotatable bonds is 8. The van der Waals surface area contributed by atoms with E-state index in [-0.39, 0.29) is 30.1 Å². The number of ether oxygens (including phenoxy) is 2. The van der Waals surface area contributed by atoms with Gasteiger partial charge in [-0.2, -0.15) is 5.10 Å². The molecule has 2 fully saturated rings. The fourth-order valence-corrected chi connectivity index (χ4v) is 3.71. The van der Waals surface area contributed by atoms with Crippen LogP contribution in [0.5, 0.6) is 0 Å². The van der Waals surface area contributed by atoms with E-state index in [0.29, 0.717) is 17.7 Å². The van der Waals surface area contributed by atoms with E-state index in [4.69, 9.17) is 14.6 Å². The summed E-state index contributed by atoms with van der Waals surface area (Å²) in [7, 11) is 0. The van der Waals surface area contributed by atoms with Gasteiger partial charge in [-0.25, -0.2) is 4.39 Å². The molecule has 2 aliphatic heterocycles. The molecule has 0 spiro atoms. The summed E-state index contributed by atoms with van der Waals surface area (Å²) >= 11 is 1.01. The zero-order valence-corrected chi connectivity index (χ0v) is 15.8. The van der Waals surface area contributed by atoms with Crippen LogP contribution in [0.3, 0.4) is 0 Å². The van der Waals surface area contributed by atoms with Crippen LogP contribution in [0.25, 0.3) is 0 Å². The summed E-state index contributed by atoms with van der Waals surface area (Å²) in [6.45, 7) is 1.40. The number of aliphatic carboxylic acids is 1. The molecule has 0 bridgehead atoms. The number of benzene rings is 1. The molecule has 0 aliphatic carbocycles. The highest BCUT2D eigenvalue weighted by Gasteiger charge is 2.32. The largest absolute Gasteiger partial charge is 0.481 e. The number of carboxylic acids is 1. The fraction of sp³-hybridized carbons (Fsp3) is 0.444. The zero-order valence-electron chi connectivity index (χ0n) is 15.0. The van der Waals surface area contributed by atoms with Crippen molar-refractivity contribution in [2.24, 2.45) is 10.2 Å². The zero-order chi connectivity index (χ0) is 19.9. The molecule has 1 aromatic rings. The van der Waals surface area contributed by atoms with Crippen LogP contribution >= 0.6 is 11.8 Å². The lowest BCUT2D eigenvalue weighted by Gasteiger charge is -2.11. The summed E-state index contributed by atoms with van der Waals surface area (Å²) in [5.74, 6) is -1.85. The first-order valence-corrected chi connectivity index (χ1v) is 9.67. The number of halogens is 1. The van der Waals surface area contributed by atoms with Gasteiger partial charge < -0.3 is 19.9 Å². The molecular weight excluding hydrogens is 389 g/mol. The molecule has 2 N–H and O–H groups in total. The molecule has 2 atom stereocenters. The van der Waals surface area contributed by atoms with Gasteiger partial charge in [-0.1, -0.05) is 17.8 Å². The highest BCUT2D eigenvalue weighted by molar-refractivity contribution is 8.15. The summed E-state index contributed by atoms with van der Waals surface area (Å²) in [4.78, 5) is 22.4. The third-order valence-corrected chi connectivity index (χ3v) is 5.24. The number of carboxylic acid groups (broad SMARTS) is 1. The minimum atomic E-state index is -1.06. The average Bonchev–Trinajstić information content (AvgIpc) is 3.27. The number of nitrogens with zero attached hydrogens (tertiary/aromatic N) is 2. The Hall–Kier alpha value is -2.30. The quantitative estimate of drug-likeness (QED) is 0.501. The van der Waals surface area contributed by atoms with Crippen LogP contribution < -0.4 is 5.32 Å². The summed E-state index contributed by atoms with van der Waals surface area (Å²) in [5, 5.41) is 18.6. The molecule has 28 heavy (non-hydrogen) atoms. The van der Waals surface area contributed by atoms with E-state index in [1.807, 2.05) is 0 Å². The lowest BCUT2D eigenvalue weighted by Crippen LogP contribution is -2.26. The second-order valence-corrected chi connectivity index (χ2v) is 7.53. The SMILES string of the molecule is O=C(O)CC1SC(=NN=Cc2ccc(F)cc2COCC2CCCO2)NC1=O. The number of carbonyl (C=O) groups excluding carboxylic acids is 1. The highest BCUT2D eigenvalue weighted by Crippen LogP contribution is 2.22. The summed E-state index contributed by atoms with van der Waals surface area (Å²) in [6, 6.07) is 4.25. The van der Waals surface area contributed by atoms with Crippen molar-refractivity contribution in [1.82, 2.24) is 5.32 Å². The van der Waals surface area contributed by atoms with Gasteiger partial charge in [0.25, 0.3) is 0 Å². The number of amides is 1. The van der Waals surface area contributed by atoms with Crippen LogP contribution in [0.2, 0.25) is 0 Å². The van der Waals surface area contributed by atoms with E-state index in [9.17, 15) is 14.0 Å². The number of carbonyl (C=O) groups is 2. The Kier molecular flexibility index (Phi) is 7.12. The van der Waals surface area contributed by atoms with Gasteiger partial charge in [0.15, 0.2) is 5.17 Å². The van der Waals surface area contributed by atoms with E-state index in [1.165, 1.54) is 18.3 Å². The minimum Gasteiger partial charge on any atom is -0.481 e. The Labute approximate surface area is 165 Å². The Balaban J connectivity index is 1.60. The van der Waals surface area contributed by atoms with Crippen molar-refractivity contribution in [3.63, 3.8) is 0 Å². The maximum atomic E-state index is 13.6. The lowest BCUT2D eigenvalue weighted by atomic mass is 10.1. The topological polar surface area (TPSA) is 110 Å². The second kappa shape index (κ2) is 9.76. The molecule has 1 amide bonds. The predicted molar refractivity (Wildman–Crippen MR) is 102 cm³/mol. The smallest absolute Gasteiger partial charge is 0.305 e. The van der Waals surface area contributed by atoms with Crippen molar-refractivity contribution >= 4 is 35.0 Å². The number of hydrogen-bond acceptors (Lipinski definition) is 7.